The van der Waals surface area contributed by atoms with Gasteiger partial charge in [-0.3, -0.25) is 0 Å². The zero-order chi connectivity index (χ0) is 34.2. The standard InChI is InChI=1S/2C14H18O7S.Ba/c2*1-8(2)20-13(15)11-6-5-10(22(17,18)19)7-12(11)14(16)21-9(3)4;/h2*5-9H,1-4H3,(H,17,18,19);/q;;+2/p-2. The van der Waals surface area contributed by atoms with E-state index in [1.165, 1.54) is 0 Å². The van der Waals surface area contributed by atoms with Gasteiger partial charge in [0.25, 0.3) is 0 Å². The predicted octanol–water partition coefficient (Wildman–Crippen LogP) is 3.06. The maximum atomic E-state index is 12.0. The minimum absolute atomic E-state index is 0. The molecule has 0 radical (unpaired) electrons. The van der Waals surface area contributed by atoms with Crippen LogP contribution in [0, 0.1) is 0 Å². The molecule has 45 heavy (non-hydrogen) atoms. The van der Waals surface area contributed by atoms with Crippen LogP contribution in [0.25, 0.3) is 0 Å². The van der Waals surface area contributed by atoms with Gasteiger partial charge < -0.3 is 28.1 Å². The molecule has 0 fully saturated rings. The van der Waals surface area contributed by atoms with Gasteiger partial charge in [0.15, 0.2) is 0 Å². The van der Waals surface area contributed by atoms with Gasteiger partial charge in [-0.1, -0.05) is 0 Å². The largest absolute Gasteiger partial charge is 2.00 e. The maximum Gasteiger partial charge on any atom is 2.00 e. The van der Waals surface area contributed by atoms with Crippen LogP contribution in [-0.2, 0) is 39.2 Å². The van der Waals surface area contributed by atoms with E-state index in [0.29, 0.717) is 0 Å². The van der Waals surface area contributed by atoms with Crippen LogP contribution < -0.4 is 0 Å². The van der Waals surface area contributed by atoms with Gasteiger partial charge in [-0.2, -0.15) is 0 Å². The Bertz CT molecular complexity index is 1480. The molecule has 0 atom stereocenters. The van der Waals surface area contributed by atoms with E-state index in [9.17, 15) is 45.1 Å². The summed E-state index contributed by atoms with van der Waals surface area (Å²) in [4.78, 5) is 46.7. The molecular weight excluding hydrogens is 762 g/mol. The smallest absolute Gasteiger partial charge is 0.744 e. The SMILES string of the molecule is CC(C)OC(=O)c1ccc(S(=O)(=O)[O-])cc1C(=O)OC(C)C.CC(C)OC(=O)c1ccc(S(=O)(=O)[O-])cc1C(=O)OC(C)C.[Ba+2]. The van der Waals surface area contributed by atoms with Crippen molar-refractivity contribution < 1.29 is 64.1 Å². The second kappa shape index (κ2) is 18.2. The van der Waals surface area contributed by atoms with Gasteiger partial charge in [-0.25, -0.2) is 36.0 Å². The number of hydrogen-bond acceptors (Lipinski definition) is 14. The molecule has 0 aliphatic heterocycles. The summed E-state index contributed by atoms with van der Waals surface area (Å²) in [5.41, 5.74) is -0.967. The van der Waals surface area contributed by atoms with Crippen LogP contribution in [-0.4, -0.2) is 123 Å². The molecule has 14 nitrogen and oxygen atoms in total. The summed E-state index contributed by atoms with van der Waals surface area (Å²) in [5.74, 6) is -3.42. The van der Waals surface area contributed by atoms with Crippen LogP contribution in [0.1, 0.15) is 96.8 Å². The Hall–Kier alpha value is -2.29. The fourth-order valence-electron chi connectivity index (χ4n) is 3.16. The second-order valence-corrected chi connectivity index (χ2v) is 12.9. The van der Waals surface area contributed by atoms with E-state index in [0.717, 1.165) is 36.4 Å². The monoisotopic (exact) mass is 796 g/mol. The van der Waals surface area contributed by atoms with Crippen molar-refractivity contribution >= 4 is 93.0 Å². The molecule has 0 amide bonds. The van der Waals surface area contributed by atoms with Crippen LogP contribution >= 0.6 is 0 Å². The summed E-state index contributed by atoms with van der Waals surface area (Å²) in [5, 5.41) is 0. The quantitative estimate of drug-likeness (QED) is 0.146. The first-order valence-electron chi connectivity index (χ1n) is 13.1. The van der Waals surface area contributed by atoms with Crippen molar-refractivity contribution in [2.24, 2.45) is 0 Å². The van der Waals surface area contributed by atoms with E-state index < -0.39 is 78.3 Å². The fourth-order valence-corrected chi connectivity index (χ4v) is 4.16. The van der Waals surface area contributed by atoms with E-state index in [1.54, 1.807) is 55.4 Å². The number of carbonyl (C=O) groups excluding carboxylic acids is 4. The Balaban J connectivity index is 0.000000842. The maximum absolute atomic E-state index is 12.0. The predicted molar refractivity (Wildman–Crippen MR) is 157 cm³/mol. The molecule has 0 aliphatic rings. The van der Waals surface area contributed by atoms with Gasteiger partial charge in [0, 0.05) is 0 Å². The molecule has 2 aromatic carbocycles. The molecule has 0 N–H and O–H groups in total. The van der Waals surface area contributed by atoms with Crippen molar-refractivity contribution in [1.29, 1.82) is 0 Å². The van der Waals surface area contributed by atoms with Crippen molar-refractivity contribution in [2.75, 3.05) is 0 Å². The van der Waals surface area contributed by atoms with Crippen molar-refractivity contribution in [3.63, 3.8) is 0 Å². The molecule has 0 saturated heterocycles. The Morgan fingerprint density at radius 3 is 0.911 bits per heavy atom. The van der Waals surface area contributed by atoms with Crippen LogP contribution in [0.2, 0.25) is 0 Å². The molecule has 0 saturated carbocycles. The van der Waals surface area contributed by atoms with Crippen molar-refractivity contribution in [2.45, 2.75) is 89.6 Å². The summed E-state index contributed by atoms with van der Waals surface area (Å²) in [6.07, 6.45) is -1.81. The van der Waals surface area contributed by atoms with Crippen LogP contribution in [0.4, 0.5) is 0 Å². The minimum Gasteiger partial charge on any atom is -0.744 e. The molecule has 0 unspecified atom stereocenters. The molecule has 0 spiro atoms. The Morgan fingerprint density at radius 1 is 0.489 bits per heavy atom. The molecule has 0 bridgehead atoms. The average Bonchev–Trinajstić information content (AvgIpc) is 2.85. The van der Waals surface area contributed by atoms with Crippen LogP contribution in [0.5, 0.6) is 0 Å². The number of carbonyl (C=O) groups is 4. The van der Waals surface area contributed by atoms with Gasteiger partial charge in [0.2, 0.25) is 0 Å². The van der Waals surface area contributed by atoms with Gasteiger partial charge in [-0.15, -0.1) is 0 Å². The summed E-state index contributed by atoms with van der Waals surface area (Å²) >= 11 is 0. The van der Waals surface area contributed by atoms with Gasteiger partial charge >= 0.3 is 72.8 Å². The third kappa shape index (κ3) is 14.3. The summed E-state index contributed by atoms with van der Waals surface area (Å²) < 4.78 is 86.3. The van der Waals surface area contributed by atoms with E-state index in [-0.39, 0.29) is 71.1 Å². The zero-order valence-electron chi connectivity index (χ0n) is 26.0. The number of benzene rings is 2. The molecule has 0 aliphatic carbocycles. The number of rotatable bonds is 10. The summed E-state index contributed by atoms with van der Waals surface area (Å²) in [7, 11) is -9.53. The van der Waals surface area contributed by atoms with Gasteiger partial charge in [0.05, 0.1) is 56.5 Å². The summed E-state index contributed by atoms with van der Waals surface area (Å²) in [6, 6.07) is 5.67. The minimum atomic E-state index is -4.76. The van der Waals surface area contributed by atoms with E-state index in [1.807, 2.05) is 0 Å². The fraction of sp³-hybridized carbons (Fsp3) is 0.429. The molecule has 2 aromatic rings. The topological polar surface area (TPSA) is 220 Å². The molecule has 0 heterocycles. The summed E-state index contributed by atoms with van der Waals surface area (Å²) in [6.45, 7) is 12.9. The Labute approximate surface area is 302 Å². The van der Waals surface area contributed by atoms with Crippen LogP contribution in [0.3, 0.4) is 0 Å². The normalized spacial score (nSPS) is 11.3. The molecule has 0 aromatic heterocycles. The van der Waals surface area contributed by atoms with Crippen LogP contribution in [0.15, 0.2) is 46.2 Å². The second-order valence-electron chi connectivity index (χ2n) is 10.1. The van der Waals surface area contributed by atoms with E-state index in [4.69, 9.17) is 18.9 Å². The zero-order valence-corrected chi connectivity index (χ0v) is 32.1. The molecule has 2 rings (SSSR count). The van der Waals surface area contributed by atoms with Crippen molar-refractivity contribution in [3.05, 3.63) is 58.7 Å². The number of hydrogen-bond donors (Lipinski definition) is 0. The number of ether oxygens (including phenoxy) is 4. The first kappa shape index (κ1) is 42.7. The van der Waals surface area contributed by atoms with Crippen molar-refractivity contribution in [1.82, 2.24) is 0 Å². The van der Waals surface area contributed by atoms with Crippen molar-refractivity contribution in [3.8, 4) is 0 Å². The number of esters is 4. The molecule has 17 heteroatoms. The van der Waals surface area contributed by atoms with E-state index in [2.05, 4.69) is 0 Å². The third-order valence-corrected chi connectivity index (χ3v) is 6.47. The van der Waals surface area contributed by atoms with Gasteiger partial charge in [-0.05, 0) is 91.8 Å². The van der Waals surface area contributed by atoms with E-state index >= 15 is 0 Å². The average molecular weight is 796 g/mol. The molecular formula is C28H34BaO14S2. The Morgan fingerprint density at radius 2 is 0.711 bits per heavy atom. The first-order chi connectivity index (χ1) is 20.0. The molecule has 244 valence electrons. The Kier molecular flexibility index (Phi) is 17.2. The van der Waals surface area contributed by atoms with Gasteiger partial charge in [0.1, 0.15) is 20.2 Å². The third-order valence-electron chi connectivity index (χ3n) is 4.81. The first-order valence-corrected chi connectivity index (χ1v) is 15.9.